The van der Waals surface area contributed by atoms with E-state index in [1.807, 2.05) is 18.2 Å². The molecule has 0 spiro atoms. The molecule has 1 amide bonds. The van der Waals surface area contributed by atoms with Crippen molar-refractivity contribution < 1.29 is 9.53 Å². The Kier molecular flexibility index (Phi) is 5.48. The molecule has 24 heavy (non-hydrogen) atoms. The second-order valence-corrected chi connectivity index (χ2v) is 6.52. The average Bonchev–Trinajstić information content (AvgIpc) is 3.12. The number of rotatable bonds is 6. The fourth-order valence-electron chi connectivity index (χ4n) is 3.07. The van der Waals surface area contributed by atoms with Crippen LogP contribution in [0.4, 0.5) is 0 Å². The van der Waals surface area contributed by atoms with E-state index in [1.165, 1.54) is 6.33 Å². The smallest absolute Gasteiger partial charge is 0.221 e. The summed E-state index contributed by atoms with van der Waals surface area (Å²) in [5.41, 5.74) is 1.04. The summed E-state index contributed by atoms with van der Waals surface area (Å²) in [5, 5.41) is 7.80. The van der Waals surface area contributed by atoms with Gasteiger partial charge in [0.25, 0.3) is 0 Å². The zero-order valence-corrected chi connectivity index (χ0v) is 14.2. The van der Waals surface area contributed by atoms with Crippen molar-refractivity contribution in [2.45, 2.75) is 31.2 Å². The molecule has 1 aliphatic rings. The predicted octanol–water partition coefficient (Wildman–Crippen LogP) is 2.19. The molecular formula is C17H21ClN4O2. The SMILES string of the molecule is O=C(CCn1cncn1)NCC1(c2cccc(Cl)c2)CCOCC1. The first-order valence-corrected chi connectivity index (χ1v) is 8.49. The van der Waals surface area contributed by atoms with Gasteiger partial charge in [-0.05, 0) is 30.5 Å². The Morgan fingerprint density at radius 2 is 2.21 bits per heavy atom. The molecule has 1 aliphatic heterocycles. The Morgan fingerprint density at radius 3 is 2.92 bits per heavy atom. The number of aromatic nitrogens is 3. The normalized spacial score (nSPS) is 16.7. The molecule has 7 heteroatoms. The van der Waals surface area contributed by atoms with Crippen LogP contribution in [0.1, 0.15) is 24.8 Å². The van der Waals surface area contributed by atoms with Gasteiger partial charge in [-0.15, -0.1) is 0 Å². The molecule has 2 aromatic rings. The van der Waals surface area contributed by atoms with Gasteiger partial charge in [0, 0.05) is 36.6 Å². The van der Waals surface area contributed by atoms with Crippen LogP contribution in [-0.2, 0) is 21.5 Å². The van der Waals surface area contributed by atoms with Crippen molar-refractivity contribution in [3.8, 4) is 0 Å². The van der Waals surface area contributed by atoms with E-state index in [2.05, 4.69) is 21.5 Å². The van der Waals surface area contributed by atoms with E-state index in [0.717, 1.165) is 23.4 Å². The third-order valence-corrected chi connectivity index (χ3v) is 4.78. The highest BCUT2D eigenvalue weighted by Crippen LogP contribution is 2.35. The molecule has 1 saturated heterocycles. The number of benzene rings is 1. The fourth-order valence-corrected chi connectivity index (χ4v) is 3.26. The van der Waals surface area contributed by atoms with Crippen molar-refractivity contribution >= 4 is 17.5 Å². The summed E-state index contributed by atoms with van der Waals surface area (Å²) < 4.78 is 7.17. The molecule has 1 aromatic carbocycles. The van der Waals surface area contributed by atoms with E-state index in [4.69, 9.17) is 16.3 Å². The molecule has 128 valence electrons. The van der Waals surface area contributed by atoms with Gasteiger partial charge in [0.1, 0.15) is 12.7 Å². The number of aryl methyl sites for hydroxylation is 1. The largest absolute Gasteiger partial charge is 0.381 e. The minimum Gasteiger partial charge on any atom is -0.381 e. The first kappa shape index (κ1) is 16.9. The van der Waals surface area contributed by atoms with E-state index >= 15 is 0 Å². The Morgan fingerprint density at radius 1 is 1.38 bits per heavy atom. The fraction of sp³-hybridized carbons (Fsp3) is 0.471. The number of ether oxygens (including phenoxy) is 1. The van der Waals surface area contributed by atoms with Crippen molar-refractivity contribution in [3.63, 3.8) is 0 Å². The number of hydrogen-bond acceptors (Lipinski definition) is 4. The number of halogens is 1. The minimum atomic E-state index is -0.119. The number of nitrogens with one attached hydrogen (secondary N) is 1. The highest BCUT2D eigenvalue weighted by atomic mass is 35.5. The summed E-state index contributed by atoms with van der Waals surface area (Å²) >= 11 is 6.16. The summed E-state index contributed by atoms with van der Waals surface area (Å²) in [6.45, 7) is 2.51. The molecule has 6 nitrogen and oxygen atoms in total. The predicted molar refractivity (Wildman–Crippen MR) is 90.8 cm³/mol. The zero-order chi connectivity index (χ0) is 16.8. The maximum absolute atomic E-state index is 12.2. The van der Waals surface area contributed by atoms with Gasteiger partial charge in [-0.25, -0.2) is 4.98 Å². The maximum Gasteiger partial charge on any atom is 0.221 e. The number of carbonyl (C=O) groups is 1. The summed E-state index contributed by atoms with van der Waals surface area (Å²) in [7, 11) is 0. The number of hydrogen-bond donors (Lipinski definition) is 1. The number of amides is 1. The van der Waals surface area contributed by atoms with Crippen LogP contribution in [0, 0.1) is 0 Å². The molecule has 3 rings (SSSR count). The molecule has 0 atom stereocenters. The van der Waals surface area contributed by atoms with Gasteiger partial charge in [-0.3, -0.25) is 9.48 Å². The molecule has 0 radical (unpaired) electrons. The van der Waals surface area contributed by atoms with Crippen LogP contribution in [-0.4, -0.2) is 40.4 Å². The van der Waals surface area contributed by atoms with Crippen molar-refractivity contribution in [1.82, 2.24) is 20.1 Å². The van der Waals surface area contributed by atoms with Crippen LogP contribution in [0.5, 0.6) is 0 Å². The van der Waals surface area contributed by atoms with Gasteiger partial charge in [0.05, 0.1) is 6.54 Å². The summed E-state index contributed by atoms with van der Waals surface area (Å²) in [6, 6.07) is 7.91. The van der Waals surface area contributed by atoms with Crippen LogP contribution in [0.15, 0.2) is 36.9 Å². The molecule has 0 bridgehead atoms. The van der Waals surface area contributed by atoms with Gasteiger partial charge in [0.15, 0.2) is 0 Å². The third kappa shape index (κ3) is 4.13. The Balaban J connectivity index is 1.63. The highest BCUT2D eigenvalue weighted by molar-refractivity contribution is 6.30. The first-order chi connectivity index (χ1) is 11.7. The van der Waals surface area contributed by atoms with Gasteiger partial charge in [-0.1, -0.05) is 23.7 Å². The zero-order valence-electron chi connectivity index (χ0n) is 13.4. The molecule has 2 heterocycles. The molecule has 0 saturated carbocycles. The van der Waals surface area contributed by atoms with Gasteiger partial charge in [-0.2, -0.15) is 5.10 Å². The standard InChI is InChI=1S/C17H21ClN4O2/c18-15-3-1-2-14(10-15)17(5-8-24-9-6-17)11-20-16(23)4-7-22-13-19-12-21-22/h1-3,10,12-13H,4-9,11H2,(H,20,23). The van der Waals surface area contributed by atoms with Crippen molar-refractivity contribution in [2.24, 2.45) is 0 Å². The van der Waals surface area contributed by atoms with Crippen molar-refractivity contribution in [1.29, 1.82) is 0 Å². The molecule has 1 aromatic heterocycles. The lowest BCUT2D eigenvalue weighted by Crippen LogP contribution is -2.44. The van der Waals surface area contributed by atoms with E-state index < -0.39 is 0 Å². The molecule has 0 unspecified atom stereocenters. The van der Waals surface area contributed by atoms with Gasteiger partial charge < -0.3 is 10.1 Å². The molecule has 0 aliphatic carbocycles. The number of nitrogens with zero attached hydrogens (tertiary/aromatic N) is 3. The summed E-state index contributed by atoms with van der Waals surface area (Å²) in [5.74, 6) is 0.0124. The third-order valence-electron chi connectivity index (χ3n) is 4.55. The van der Waals surface area contributed by atoms with Crippen LogP contribution in [0.3, 0.4) is 0 Å². The lowest BCUT2D eigenvalue weighted by atomic mass is 9.74. The van der Waals surface area contributed by atoms with Crippen LogP contribution in [0.25, 0.3) is 0 Å². The molecular weight excluding hydrogens is 328 g/mol. The van der Waals surface area contributed by atoms with Crippen molar-refractivity contribution in [3.05, 3.63) is 47.5 Å². The quantitative estimate of drug-likeness (QED) is 0.868. The summed E-state index contributed by atoms with van der Waals surface area (Å²) in [4.78, 5) is 16.1. The van der Waals surface area contributed by atoms with E-state index in [1.54, 1.807) is 11.0 Å². The van der Waals surface area contributed by atoms with Crippen LogP contribution in [0.2, 0.25) is 5.02 Å². The second kappa shape index (κ2) is 7.77. The van der Waals surface area contributed by atoms with E-state index in [0.29, 0.717) is 32.7 Å². The lowest BCUT2D eigenvalue weighted by Gasteiger charge is -2.38. The topological polar surface area (TPSA) is 69.0 Å². The first-order valence-electron chi connectivity index (χ1n) is 8.11. The van der Waals surface area contributed by atoms with Crippen LogP contribution >= 0.6 is 11.6 Å². The Hall–Kier alpha value is -1.92. The molecule has 1 N–H and O–H groups in total. The number of carbonyl (C=O) groups excluding carboxylic acids is 1. The van der Waals surface area contributed by atoms with Crippen LogP contribution < -0.4 is 5.32 Å². The van der Waals surface area contributed by atoms with Gasteiger partial charge in [0.2, 0.25) is 5.91 Å². The minimum absolute atomic E-state index is 0.0124. The summed E-state index contributed by atoms with van der Waals surface area (Å²) in [6.07, 6.45) is 5.20. The second-order valence-electron chi connectivity index (χ2n) is 6.09. The van der Waals surface area contributed by atoms with E-state index in [9.17, 15) is 4.79 Å². The highest BCUT2D eigenvalue weighted by Gasteiger charge is 2.34. The average molecular weight is 349 g/mol. The lowest BCUT2D eigenvalue weighted by molar-refractivity contribution is -0.121. The maximum atomic E-state index is 12.2. The Bertz CT molecular complexity index is 669. The van der Waals surface area contributed by atoms with Crippen molar-refractivity contribution in [2.75, 3.05) is 19.8 Å². The molecule has 1 fully saturated rings. The van der Waals surface area contributed by atoms with E-state index in [-0.39, 0.29) is 11.3 Å². The Labute approximate surface area is 146 Å². The monoisotopic (exact) mass is 348 g/mol. The van der Waals surface area contributed by atoms with Gasteiger partial charge >= 0.3 is 0 Å².